The molecule has 0 saturated carbocycles. The maximum atomic E-state index is 12.0. The number of hydrogen-bond acceptors (Lipinski definition) is 3. The first-order valence-electron chi connectivity index (χ1n) is 9.22. The monoisotopic (exact) mass is 391 g/mol. The predicted octanol–water partition coefficient (Wildman–Crippen LogP) is 6.70. The number of carbonyl (C=O) groups excluding carboxylic acids is 1. The van der Waals surface area contributed by atoms with E-state index in [0.29, 0.717) is 5.56 Å². The summed E-state index contributed by atoms with van der Waals surface area (Å²) in [5.41, 5.74) is 0.358. The second-order valence-electron chi connectivity index (χ2n) is 7.69. The van der Waals surface area contributed by atoms with Crippen molar-refractivity contribution in [1.82, 2.24) is 0 Å². The summed E-state index contributed by atoms with van der Waals surface area (Å²) in [4.78, 5) is 13.2. The zero-order valence-corrected chi connectivity index (χ0v) is 17.3. The van der Waals surface area contributed by atoms with E-state index < -0.39 is 0 Å². The summed E-state index contributed by atoms with van der Waals surface area (Å²) in [6, 6.07) is 22.6. The van der Waals surface area contributed by atoms with Crippen molar-refractivity contribution in [2.24, 2.45) is 0 Å². The molecule has 1 aromatic heterocycles. The van der Waals surface area contributed by atoms with Gasteiger partial charge in [0, 0.05) is 33.4 Å². The molecule has 0 N–H and O–H groups in total. The number of carbonyl (C=O) groups is 1. The lowest BCUT2D eigenvalue weighted by Crippen LogP contribution is -2.22. The lowest BCUT2D eigenvalue weighted by molar-refractivity contribution is 0.0601. The molecule has 28 heavy (non-hydrogen) atoms. The van der Waals surface area contributed by atoms with E-state index in [1.54, 1.807) is 0 Å². The second-order valence-corrected chi connectivity index (χ2v) is 9.65. The third-order valence-corrected chi connectivity index (χ3v) is 6.84. The smallest absolute Gasteiger partial charge is 0.337 e. The molecular weight excluding hydrogens is 368 g/mol. The molecule has 4 rings (SSSR count). The minimum atomic E-state index is -0.309. The predicted molar refractivity (Wildman–Crippen MR) is 117 cm³/mol. The van der Waals surface area contributed by atoms with Crippen LogP contribution in [0.15, 0.2) is 66.7 Å². The fourth-order valence-electron chi connectivity index (χ4n) is 3.40. The van der Waals surface area contributed by atoms with E-state index in [9.17, 15) is 4.79 Å². The van der Waals surface area contributed by atoms with Gasteiger partial charge in [0.15, 0.2) is 14.3 Å². The van der Waals surface area contributed by atoms with Crippen molar-refractivity contribution in [1.29, 1.82) is 0 Å². The highest BCUT2D eigenvalue weighted by Crippen LogP contribution is 2.48. The lowest BCUT2D eigenvalue weighted by atomic mass is 10.1. The fourth-order valence-corrected chi connectivity index (χ4v) is 5.76. The van der Waals surface area contributed by atoms with Crippen LogP contribution in [0.2, 0.25) is 0 Å². The Morgan fingerprint density at radius 2 is 1.54 bits per heavy atom. The molecule has 3 nitrogen and oxygen atoms in total. The van der Waals surface area contributed by atoms with Gasteiger partial charge in [-0.2, -0.15) is 0 Å². The van der Waals surface area contributed by atoms with E-state index in [1.807, 2.05) is 51.1 Å². The first-order chi connectivity index (χ1) is 13.4. The number of thiophene rings is 1. The van der Waals surface area contributed by atoms with Crippen LogP contribution in [0.3, 0.4) is 0 Å². The minimum absolute atomic E-state index is 0.203. The van der Waals surface area contributed by atoms with Crippen molar-refractivity contribution >= 4 is 36.6 Å². The van der Waals surface area contributed by atoms with E-state index in [-0.39, 0.29) is 22.0 Å². The van der Waals surface area contributed by atoms with Crippen molar-refractivity contribution in [3.05, 3.63) is 72.3 Å². The first-order valence-corrected chi connectivity index (χ1v) is 10.4. The van der Waals surface area contributed by atoms with Crippen LogP contribution in [0.25, 0.3) is 25.1 Å². The van der Waals surface area contributed by atoms with Gasteiger partial charge in [-0.1, -0.05) is 12.1 Å². The molecule has 0 aliphatic rings. The van der Waals surface area contributed by atoms with Gasteiger partial charge in [-0.15, -0.1) is 0 Å². The number of fused-ring (bicyclic) bond motifs is 3. The first kappa shape index (κ1) is 18.5. The molecule has 0 saturated heterocycles. The highest BCUT2D eigenvalue weighted by molar-refractivity contribution is 7.50. The summed E-state index contributed by atoms with van der Waals surface area (Å²) in [7, 11) is 1.21. The molecule has 1 unspecified atom stereocenters. The quantitative estimate of drug-likeness (QED) is 0.288. The lowest BCUT2D eigenvalue weighted by Gasteiger charge is -2.20. The van der Waals surface area contributed by atoms with E-state index >= 15 is 0 Å². The second kappa shape index (κ2) is 6.95. The largest absolute Gasteiger partial charge is 0.488 e. The van der Waals surface area contributed by atoms with Crippen LogP contribution < -0.4 is 4.74 Å². The summed E-state index contributed by atoms with van der Waals surface area (Å²) in [5, 5.41) is 2.29. The van der Waals surface area contributed by atoms with Crippen LogP contribution >= 0.6 is 10.5 Å². The fraction of sp³-hybridized carbons (Fsp3) is 0.208. The topological polar surface area (TPSA) is 35.5 Å². The molecule has 0 aliphatic heterocycles. The van der Waals surface area contributed by atoms with Gasteiger partial charge < -0.3 is 9.47 Å². The Morgan fingerprint density at radius 3 is 2.21 bits per heavy atom. The molecule has 0 radical (unpaired) electrons. The molecule has 0 amide bonds. The molecule has 1 atom stereocenters. The van der Waals surface area contributed by atoms with Crippen molar-refractivity contribution in [3.8, 4) is 10.6 Å². The van der Waals surface area contributed by atoms with Crippen LogP contribution in [0.1, 0.15) is 31.1 Å². The molecule has 0 aliphatic carbocycles. The minimum Gasteiger partial charge on any atom is -0.488 e. The standard InChI is InChI=1S/C24H23O3S/c1-24(2,3)27-17-10-12-18(13-11-17)28-21-8-6-5-7-19(21)20-15-16(23(25)26-4)9-14-22(20)28/h5-15H,1-4H3/q+1. The van der Waals surface area contributed by atoms with Gasteiger partial charge in [-0.25, -0.2) is 4.79 Å². The Bertz CT molecular complexity index is 1160. The van der Waals surface area contributed by atoms with Gasteiger partial charge in [0.2, 0.25) is 0 Å². The molecule has 1 heterocycles. The van der Waals surface area contributed by atoms with E-state index in [2.05, 4.69) is 36.4 Å². The Morgan fingerprint density at radius 1 is 0.857 bits per heavy atom. The number of benzene rings is 3. The molecule has 142 valence electrons. The van der Waals surface area contributed by atoms with E-state index in [0.717, 1.165) is 11.1 Å². The third-order valence-electron chi connectivity index (χ3n) is 4.50. The Labute approximate surface area is 167 Å². The zero-order chi connectivity index (χ0) is 19.9. The van der Waals surface area contributed by atoms with E-state index in [4.69, 9.17) is 9.47 Å². The number of hydrogen-bond donors (Lipinski definition) is 0. The molecule has 0 fully saturated rings. The summed E-state index contributed by atoms with van der Waals surface area (Å²) >= 11 is 0. The van der Waals surface area contributed by atoms with Crippen molar-refractivity contribution < 1.29 is 14.3 Å². The van der Waals surface area contributed by atoms with Crippen molar-refractivity contribution in [2.45, 2.75) is 26.4 Å². The number of ether oxygens (including phenoxy) is 2. The summed E-state index contributed by atoms with van der Waals surface area (Å²) in [6.07, 6.45) is 0. The van der Waals surface area contributed by atoms with Crippen LogP contribution in [-0.2, 0) is 4.74 Å². The van der Waals surface area contributed by atoms with Gasteiger partial charge in [-0.05, 0) is 63.2 Å². The van der Waals surface area contributed by atoms with E-state index in [1.165, 1.54) is 26.8 Å². The van der Waals surface area contributed by atoms with Crippen LogP contribution in [0.4, 0.5) is 0 Å². The van der Waals surface area contributed by atoms with Crippen LogP contribution in [-0.4, -0.2) is 18.7 Å². The summed E-state index contributed by atoms with van der Waals surface area (Å²) < 4.78 is 13.4. The molecular formula is C24H23O3S+. The van der Waals surface area contributed by atoms with Crippen molar-refractivity contribution in [3.63, 3.8) is 0 Å². The Kier molecular flexibility index (Phi) is 4.60. The summed E-state index contributed by atoms with van der Waals surface area (Å²) in [5.74, 6) is 0.560. The average Bonchev–Trinajstić information content (AvgIpc) is 3.00. The highest BCUT2D eigenvalue weighted by atomic mass is 32.2. The SMILES string of the molecule is COC(=O)c1ccc2c(c1)c1ccccc1[s+]2-c1ccc(OC(C)(C)C)cc1. The maximum Gasteiger partial charge on any atom is 0.337 e. The summed E-state index contributed by atoms with van der Waals surface area (Å²) in [6.45, 7) is 6.14. The molecule has 4 aromatic rings. The van der Waals surface area contributed by atoms with Crippen LogP contribution in [0, 0.1) is 0 Å². The van der Waals surface area contributed by atoms with Crippen LogP contribution in [0.5, 0.6) is 5.75 Å². The van der Waals surface area contributed by atoms with Gasteiger partial charge >= 0.3 is 5.97 Å². The van der Waals surface area contributed by atoms with Crippen molar-refractivity contribution in [2.75, 3.05) is 7.11 Å². The molecule has 3 aromatic carbocycles. The normalized spacial score (nSPS) is 12.4. The maximum absolute atomic E-state index is 12.0. The van der Waals surface area contributed by atoms with Gasteiger partial charge in [0.25, 0.3) is 0 Å². The van der Waals surface area contributed by atoms with Gasteiger partial charge in [0.1, 0.15) is 11.4 Å². The molecule has 0 bridgehead atoms. The number of rotatable bonds is 3. The van der Waals surface area contributed by atoms with Gasteiger partial charge in [0.05, 0.1) is 12.7 Å². The Hall–Kier alpha value is -2.85. The highest BCUT2D eigenvalue weighted by Gasteiger charge is 2.24. The average molecular weight is 392 g/mol. The Balaban J connectivity index is 1.89. The zero-order valence-electron chi connectivity index (χ0n) is 16.5. The molecule has 0 spiro atoms. The molecule has 4 heteroatoms. The number of methoxy groups -OCH3 is 1. The third kappa shape index (κ3) is 3.36. The van der Waals surface area contributed by atoms with Gasteiger partial charge in [-0.3, -0.25) is 0 Å². The number of esters is 1.